The van der Waals surface area contributed by atoms with Gasteiger partial charge in [-0.25, -0.2) is 0 Å². The van der Waals surface area contributed by atoms with Gasteiger partial charge in [0, 0.05) is 36.0 Å². The fourth-order valence-corrected chi connectivity index (χ4v) is 5.29. The second-order valence-electron chi connectivity index (χ2n) is 8.47. The van der Waals surface area contributed by atoms with Crippen LogP contribution in [0.5, 0.6) is 0 Å². The van der Waals surface area contributed by atoms with Gasteiger partial charge in [-0.1, -0.05) is 72.1 Å². The Morgan fingerprint density at radius 1 is 1.06 bits per heavy atom. The summed E-state index contributed by atoms with van der Waals surface area (Å²) >= 11 is 18.8. The highest BCUT2D eigenvalue weighted by Crippen LogP contribution is 2.44. The lowest BCUT2D eigenvalue weighted by atomic mass is 9.67. The van der Waals surface area contributed by atoms with Crippen LogP contribution in [0.4, 0.5) is 0 Å². The van der Waals surface area contributed by atoms with E-state index in [1.807, 2.05) is 36.1 Å². The standard InChI is InChI=1S/C25H26Cl3NO3/c1-17(15-23(31)32)16-25(19-6-2-3-7-20(19)26)11-13-29(14-12-25)22(30)10-9-18-5-4-8-21(27)24(18)28/h2-10,17H,11-16H2,1H3,(H,31,32)/b10-9+. The van der Waals surface area contributed by atoms with Crippen LogP contribution in [0.3, 0.4) is 0 Å². The second kappa shape index (κ2) is 10.7. The minimum Gasteiger partial charge on any atom is -0.481 e. The Labute approximate surface area is 203 Å². The third-order valence-corrected chi connectivity index (χ3v) is 7.29. The Morgan fingerprint density at radius 3 is 2.38 bits per heavy atom. The van der Waals surface area contributed by atoms with Crippen molar-refractivity contribution in [3.05, 3.63) is 74.7 Å². The van der Waals surface area contributed by atoms with Crippen LogP contribution in [-0.4, -0.2) is 35.0 Å². The van der Waals surface area contributed by atoms with Gasteiger partial charge in [-0.3, -0.25) is 9.59 Å². The molecule has 32 heavy (non-hydrogen) atoms. The normalized spacial score (nSPS) is 16.8. The fraction of sp³-hybridized carbons (Fsp3) is 0.360. The maximum absolute atomic E-state index is 12.8. The number of aliphatic carboxylic acids is 1. The smallest absolute Gasteiger partial charge is 0.303 e. The molecule has 1 saturated heterocycles. The summed E-state index contributed by atoms with van der Waals surface area (Å²) in [6.45, 7) is 3.09. The Hall–Kier alpha value is -2.01. The molecule has 1 aliphatic heterocycles. The second-order valence-corrected chi connectivity index (χ2v) is 9.66. The number of carbonyl (C=O) groups excluding carboxylic acids is 1. The Morgan fingerprint density at radius 2 is 1.72 bits per heavy atom. The minimum absolute atomic E-state index is 0.00380. The molecule has 7 heteroatoms. The lowest BCUT2D eigenvalue weighted by Gasteiger charge is -2.44. The largest absolute Gasteiger partial charge is 0.481 e. The predicted octanol–water partition coefficient (Wildman–Crippen LogP) is 6.72. The molecule has 1 unspecified atom stereocenters. The van der Waals surface area contributed by atoms with Gasteiger partial charge >= 0.3 is 5.97 Å². The van der Waals surface area contributed by atoms with Gasteiger partial charge in [0.1, 0.15) is 0 Å². The summed E-state index contributed by atoms with van der Waals surface area (Å²) < 4.78 is 0. The molecule has 1 aliphatic rings. The van der Waals surface area contributed by atoms with Gasteiger partial charge in [-0.15, -0.1) is 0 Å². The summed E-state index contributed by atoms with van der Waals surface area (Å²) in [6, 6.07) is 13.0. The lowest BCUT2D eigenvalue weighted by Crippen LogP contribution is -2.45. The summed E-state index contributed by atoms with van der Waals surface area (Å²) in [4.78, 5) is 25.9. The van der Waals surface area contributed by atoms with E-state index in [4.69, 9.17) is 34.8 Å². The van der Waals surface area contributed by atoms with E-state index >= 15 is 0 Å². The van der Waals surface area contributed by atoms with Crippen molar-refractivity contribution in [1.29, 1.82) is 0 Å². The number of benzene rings is 2. The molecule has 2 aromatic carbocycles. The van der Waals surface area contributed by atoms with Crippen LogP contribution < -0.4 is 0 Å². The molecule has 1 heterocycles. The summed E-state index contributed by atoms with van der Waals surface area (Å²) in [5, 5.41) is 10.8. The molecule has 0 radical (unpaired) electrons. The molecule has 1 N–H and O–H groups in total. The zero-order valence-corrected chi connectivity index (χ0v) is 20.1. The van der Waals surface area contributed by atoms with Crippen LogP contribution in [0, 0.1) is 5.92 Å². The van der Waals surface area contributed by atoms with Gasteiger partial charge in [0.05, 0.1) is 10.0 Å². The molecular formula is C25H26Cl3NO3. The summed E-state index contributed by atoms with van der Waals surface area (Å²) in [5.41, 5.74) is 1.47. The maximum Gasteiger partial charge on any atom is 0.303 e. The summed E-state index contributed by atoms with van der Waals surface area (Å²) in [7, 11) is 0. The van der Waals surface area contributed by atoms with Gasteiger partial charge < -0.3 is 10.0 Å². The molecule has 1 atom stereocenters. The average molecular weight is 495 g/mol. The number of carbonyl (C=O) groups is 2. The third kappa shape index (κ3) is 5.86. The number of hydrogen-bond donors (Lipinski definition) is 1. The summed E-state index contributed by atoms with van der Waals surface area (Å²) in [6.07, 6.45) is 5.46. The van der Waals surface area contributed by atoms with Crippen molar-refractivity contribution in [3.63, 3.8) is 0 Å². The van der Waals surface area contributed by atoms with E-state index in [1.165, 1.54) is 6.08 Å². The van der Waals surface area contributed by atoms with E-state index in [0.717, 1.165) is 18.4 Å². The summed E-state index contributed by atoms with van der Waals surface area (Å²) in [5.74, 6) is -0.896. The van der Waals surface area contributed by atoms with Gasteiger partial charge in [0.25, 0.3) is 0 Å². The van der Waals surface area contributed by atoms with E-state index in [1.54, 1.807) is 24.3 Å². The quantitative estimate of drug-likeness (QED) is 0.435. The number of hydrogen-bond acceptors (Lipinski definition) is 2. The number of halogens is 3. The van der Waals surface area contributed by atoms with Crippen molar-refractivity contribution in [2.45, 2.75) is 38.0 Å². The number of nitrogens with zero attached hydrogens (tertiary/aromatic N) is 1. The number of carboxylic acids is 1. The third-order valence-electron chi connectivity index (χ3n) is 6.13. The first-order chi connectivity index (χ1) is 15.2. The van der Waals surface area contributed by atoms with Gasteiger partial charge in [0.2, 0.25) is 5.91 Å². The Bertz CT molecular complexity index is 1010. The van der Waals surface area contributed by atoms with Crippen LogP contribution in [0.2, 0.25) is 15.1 Å². The molecular weight excluding hydrogens is 469 g/mol. The van der Waals surface area contributed by atoms with E-state index in [-0.39, 0.29) is 23.7 Å². The number of piperidine rings is 1. The molecule has 2 aromatic rings. The highest BCUT2D eigenvalue weighted by Gasteiger charge is 2.39. The molecule has 1 amide bonds. The first kappa shape index (κ1) is 24.6. The van der Waals surface area contributed by atoms with E-state index in [9.17, 15) is 14.7 Å². The SMILES string of the molecule is CC(CC(=O)O)CC1(c2ccccc2Cl)CCN(C(=O)/C=C/c2cccc(Cl)c2Cl)CC1. The number of likely N-dealkylation sites (tertiary alicyclic amines) is 1. The van der Waals surface area contributed by atoms with E-state index in [0.29, 0.717) is 40.1 Å². The molecule has 0 saturated carbocycles. The molecule has 0 spiro atoms. The topological polar surface area (TPSA) is 57.6 Å². The lowest BCUT2D eigenvalue weighted by molar-refractivity contribution is -0.138. The van der Waals surface area contributed by atoms with Gasteiger partial charge in [-0.2, -0.15) is 0 Å². The van der Waals surface area contributed by atoms with Crippen molar-refractivity contribution >= 4 is 52.8 Å². The molecule has 0 aliphatic carbocycles. The fourth-order valence-electron chi connectivity index (χ4n) is 4.58. The number of rotatable bonds is 7. The number of carboxylic acid groups (broad SMARTS) is 1. The zero-order chi connectivity index (χ0) is 23.3. The van der Waals surface area contributed by atoms with E-state index < -0.39 is 5.97 Å². The molecule has 0 bridgehead atoms. The molecule has 3 rings (SSSR count). The van der Waals surface area contributed by atoms with Gasteiger partial charge in [0.15, 0.2) is 0 Å². The first-order valence-corrected chi connectivity index (χ1v) is 11.7. The highest BCUT2D eigenvalue weighted by atomic mass is 35.5. The highest BCUT2D eigenvalue weighted by molar-refractivity contribution is 6.42. The monoisotopic (exact) mass is 493 g/mol. The molecule has 4 nitrogen and oxygen atoms in total. The van der Waals surface area contributed by atoms with Crippen LogP contribution in [-0.2, 0) is 15.0 Å². The van der Waals surface area contributed by atoms with Crippen molar-refractivity contribution in [3.8, 4) is 0 Å². The minimum atomic E-state index is -0.802. The van der Waals surface area contributed by atoms with Crippen molar-refractivity contribution < 1.29 is 14.7 Å². The first-order valence-electron chi connectivity index (χ1n) is 10.6. The van der Waals surface area contributed by atoms with Crippen LogP contribution in [0.1, 0.15) is 43.7 Å². The predicted molar refractivity (Wildman–Crippen MR) is 130 cm³/mol. The molecule has 170 valence electrons. The van der Waals surface area contributed by atoms with Crippen molar-refractivity contribution in [2.24, 2.45) is 5.92 Å². The van der Waals surface area contributed by atoms with Crippen LogP contribution in [0.25, 0.3) is 6.08 Å². The van der Waals surface area contributed by atoms with Crippen molar-refractivity contribution in [1.82, 2.24) is 4.90 Å². The van der Waals surface area contributed by atoms with Crippen LogP contribution in [0.15, 0.2) is 48.5 Å². The van der Waals surface area contributed by atoms with Crippen LogP contribution >= 0.6 is 34.8 Å². The van der Waals surface area contributed by atoms with Crippen molar-refractivity contribution in [2.75, 3.05) is 13.1 Å². The van der Waals surface area contributed by atoms with Gasteiger partial charge in [-0.05, 0) is 54.5 Å². The van der Waals surface area contributed by atoms with E-state index in [2.05, 4.69) is 0 Å². The molecule has 1 fully saturated rings. The average Bonchev–Trinajstić information content (AvgIpc) is 2.74. The Balaban J connectivity index is 1.75. The zero-order valence-electron chi connectivity index (χ0n) is 17.9. The maximum atomic E-state index is 12.8. The number of amides is 1. The molecule has 0 aromatic heterocycles. The Kier molecular flexibility index (Phi) is 8.26.